The minimum absolute atomic E-state index is 0.00417. The molecule has 2 amide bonds. The summed E-state index contributed by atoms with van der Waals surface area (Å²) in [5, 5.41) is 15.7. The Balaban J connectivity index is 1.79. The first-order chi connectivity index (χ1) is 8.51. The van der Waals surface area contributed by atoms with Gasteiger partial charge in [-0.2, -0.15) is 0 Å². The van der Waals surface area contributed by atoms with E-state index in [1.165, 1.54) is 0 Å². The summed E-state index contributed by atoms with van der Waals surface area (Å²) in [7, 11) is 0. The molecule has 2 fully saturated rings. The molecule has 2 aliphatic heterocycles. The van der Waals surface area contributed by atoms with E-state index in [-0.39, 0.29) is 30.4 Å². The maximum atomic E-state index is 11.9. The molecule has 3 atom stereocenters. The standard InChI is InChI=1S/C12H20N2O4/c1-8-12(17,4-5-18-8)7-14-11(16)9-2-3-10(15)13-6-9/h8-9,17H,2-7H2,1H3,(H,13,15)(H,14,16). The fourth-order valence-corrected chi connectivity index (χ4v) is 2.34. The van der Waals surface area contributed by atoms with Crippen LogP contribution in [0.2, 0.25) is 0 Å². The van der Waals surface area contributed by atoms with E-state index in [0.29, 0.717) is 32.4 Å². The van der Waals surface area contributed by atoms with Crippen molar-refractivity contribution in [1.29, 1.82) is 0 Å². The molecule has 0 spiro atoms. The van der Waals surface area contributed by atoms with Gasteiger partial charge >= 0.3 is 0 Å². The molecule has 3 N–H and O–H groups in total. The van der Waals surface area contributed by atoms with Gasteiger partial charge in [-0.1, -0.05) is 0 Å². The number of hydrogen-bond acceptors (Lipinski definition) is 4. The zero-order valence-electron chi connectivity index (χ0n) is 10.6. The van der Waals surface area contributed by atoms with E-state index in [0.717, 1.165) is 0 Å². The Bertz CT molecular complexity index is 337. The molecular formula is C12H20N2O4. The van der Waals surface area contributed by atoms with Gasteiger partial charge in [-0.3, -0.25) is 9.59 Å². The summed E-state index contributed by atoms with van der Waals surface area (Å²) in [6.07, 6.45) is 1.24. The van der Waals surface area contributed by atoms with Crippen molar-refractivity contribution in [3.8, 4) is 0 Å². The molecule has 2 saturated heterocycles. The molecule has 2 aliphatic rings. The molecule has 0 aromatic heterocycles. The van der Waals surface area contributed by atoms with Crippen LogP contribution in [0.15, 0.2) is 0 Å². The number of carbonyl (C=O) groups excluding carboxylic acids is 2. The lowest BCUT2D eigenvalue weighted by Crippen LogP contribution is -2.50. The number of piperidine rings is 1. The van der Waals surface area contributed by atoms with Crippen molar-refractivity contribution < 1.29 is 19.4 Å². The zero-order chi connectivity index (χ0) is 13.2. The van der Waals surface area contributed by atoms with Crippen LogP contribution in [-0.2, 0) is 14.3 Å². The van der Waals surface area contributed by atoms with Gasteiger partial charge < -0.3 is 20.5 Å². The lowest BCUT2D eigenvalue weighted by atomic mass is 9.95. The smallest absolute Gasteiger partial charge is 0.225 e. The number of aliphatic hydroxyl groups is 1. The van der Waals surface area contributed by atoms with E-state index in [9.17, 15) is 14.7 Å². The number of amides is 2. The van der Waals surface area contributed by atoms with Crippen molar-refractivity contribution in [1.82, 2.24) is 10.6 Å². The van der Waals surface area contributed by atoms with Gasteiger partial charge in [-0.25, -0.2) is 0 Å². The highest BCUT2D eigenvalue weighted by Gasteiger charge is 2.40. The van der Waals surface area contributed by atoms with Crippen LogP contribution in [0.3, 0.4) is 0 Å². The van der Waals surface area contributed by atoms with Crippen molar-refractivity contribution in [3.63, 3.8) is 0 Å². The molecule has 0 radical (unpaired) electrons. The highest BCUT2D eigenvalue weighted by Crippen LogP contribution is 2.24. The summed E-state index contributed by atoms with van der Waals surface area (Å²) in [5.74, 6) is -0.304. The molecule has 18 heavy (non-hydrogen) atoms. The summed E-state index contributed by atoms with van der Waals surface area (Å²) in [5.41, 5.74) is -0.965. The topological polar surface area (TPSA) is 87.7 Å². The first-order valence-electron chi connectivity index (χ1n) is 6.40. The Labute approximate surface area is 106 Å². The number of carbonyl (C=O) groups is 2. The second-order valence-corrected chi connectivity index (χ2v) is 5.12. The number of hydrogen-bond donors (Lipinski definition) is 3. The van der Waals surface area contributed by atoms with E-state index in [1.54, 1.807) is 6.92 Å². The van der Waals surface area contributed by atoms with Crippen LogP contribution < -0.4 is 10.6 Å². The van der Waals surface area contributed by atoms with Crippen LogP contribution in [0.1, 0.15) is 26.2 Å². The second-order valence-electron chi connectivity index (χ2n) is 5.12. The molecule has 0 aromatic rings. The van der Waals surface area contributed by atoms with Gasteiger partial charge in [0.15, 0.2) is 0 Å². The quantitative estimate of drug-likeness (QED) is 0.615. The summed E-state index contributed by atoms with van der Waals surface area (Å²) in [4.78, 5) is 22.9. The van der Waals surface area contributed by atoms with E-state index >= 15 is 0 Å². The largest absolute Gasteiger partial charge is 0.385 e. The Morgan fingerprint density at radius 2 is 2.44 bits per heavy atom. The fourth-order valence-electron chi connectivity index (χ4n) is 2.34. The third-order valence-corrected chi connectivity index (χ3v) is 3.86. The summed E-state index contributed by atoms with van der Waals surface area (Å²) >= 11 is 0. The van der Waals surface area contributed by atoms with Crippen molar-refractivity contribution in [2.45, 2.75) is 37.9 Å². The highest BCUT2D eigenvalue weighted by molar-refractivity contribution is 5.83. The number of ether oxygens (including phenoxy) is 1. The van der Waals surface area contributed by atoms with Crippen molar-refractivity contribution in [2.75, 3.05) is 19.7 Å². The van der Waals surface area contributed by atoms with Gasteiger partial charge in [0, 0.05) is 32.5 Å². The minimum atomic E-state index is -0.965. The van der Waals surface area contributed by atoms with E-state index < -0.39 is 5.60 Å². The van der Waals surface area contributed by atoms with Crippen molar-refractivity contribution in [2.24, 2.45) is 5.92 Å². The Hall–Kier alpha value is -1.14. The average molecular weight is 256 g/mol. The molecule has 0 aromatic carbocycles. The van der Waals surface area contributed by atoms with Crippen LogP contribution in [0.25, 0.3) is 0 Å². The zero-order valence-corrected chi connectivity index (χ0v) is 10.6. The maximum absolute atomic E-state index is 11.9. The summed E-state index contributed by atoms with van der Waals surface area (Å²) in [6.45, 7) is 2.92. The SMILES string of the molecule is CC1OCCC1(O)CNC(=O)C1CCC(=O)NC1. The second kappa shape index (κ2) is 5.24. The maximum Gasteiger partial charge on any atom is 0.225 e. The molecule has 2 heterocycles. The van der Waals surface area contributed by atoms with Crippen LogP contribution in [0, 0.1) is 5.92 Å². The van der Waals surface area contributed by atoms with Gasteiger partial charge in [-0.15, -0.1) is 0 Å². The summed E-state index contributed by atoms with van der Waals surface area (Å²) < 4.78 is 5.30. The lowest BCUT2D eigenvalue weighted by Gasteiger charge is -2.28. The minimum Gasteiger partial charge on any atom is -0.385 e. The third-order valence-electron chi connectivity index (χ3n) is 3.86. The third kappa shape index (κ3) is 2.81. The first-order valence-corrected chi connectivity index (χ1v) is 6.40. The van der Waals surface area contributed by atoms with E-state index in [2.05, 4.69) is 10.6 Å². The molecule has 3 unspecified atom stereocenters. The fraction of sp³-hybridized carbons (Fsp3) is 0.833. The van der Waals surface area contributed by atoms with Crippen LogP contribution in [0.4, 0.5) is 0 Å². The molecule has 6 nitrogen and oxygen atoms in total. The number of rotatable bonds is 3. The van der Waals surface area contributed by atoms with Gasteiger partial charge in [0.1, 0.15) is 5.60 Å². The van der Waals surface area contributed by atoms with Crippen LogP contribution in [0.5, 0.6) is 0 Å². The van der Waals surface area contributed by atoms with Crippen molar-refractivity contribution in [3.05, 3.63) is 0 Å². The van der Waals surface area contributed by atoms with E-state index in [4.69, 9.17) is 4.74 Å². The molecule has 0 bridgehead atoms. The number of nitrogens with one attached hydrogen (secondary N) is 2. The molecule has 102 valence electrons. The highest BCUT2D eigenvalue weighted by atomic mass is 16.5. The normalized spacial score (nSPS) is 36.2. The average Bonchev–Trinajstić information content (AvgIpc) is 2.68. The first kappa shape index (κ1) is 13.3. The molecular weight excluding hydrogens is 236 g/mol. The van der Waals surface area contributed by atoms with Gasteiger partial charge in [0.25, 0.3) is 0 Å². The van der Waals surface area contributed by atoms with E-state index in [1.807, 2.05) is 0 Å². The summed E-state index contributed by atoms with van der Waals surface area (Å²) in [6, 6.07) is 0. The molecule has 2 rings (SSSR count). The molecule has 0 saturated carbocycles. The Kier molecular flexibility index (Phi) is 3.87. The predicted octanol–water partition coefficient (Wildman–Crippen LogP) is -0.831. The molecule has 0 aliphatic carbocycles. The van der Waals surface area contributed by atoms with Gasteiger partial charge in [-0.05, 0) is 13.3 Å². The monoisotopic (exact) mass is 256 g/mol. The van der Waals surface area contributed by atoms with Crippen LogP contribution >= 0.6 is 0 Å². The van der Waals surface area contributed by atoms with Gasteiger partial charge in [0.2, 0.25) is 11.8 Å². The van der Waals surface area contributed by atoms with Gasteiger partial charge in [0.05, 0.1) is 12.0 Å². The molecule has 6 heteroatoms. The Morgan fingerprint density at radius 1 is 1.67 bits per heavy atom. The predicted molar refractivity (Wildman–Crippen MR) is 63.7 cm³/mol. The van der Waals surface area contributed by atoms with Crippen LogP contribution in [-0.4, -0.2) is 48.3 Å². The Morgan fingerprint density at radius 3 is 3.00 bits per heavy atom. The lowest BCUT2D eigenvalue weighted by molar-refractivity contribution is -0.130. The van der Waals surface area contributed by atoms with Crippen molar-refractivity contribution >= 4 is 11.8 Å².